The summed E-state index contributed by atoms with van der Waals surface area (Å²) >= 11 is 4.37. The van der Waals surface area contributed by atoms with E-state index in [0.29, 0.717) is 10.6 Å². The largest absolute Gasteiger partial charge is 0.250 e. The summed E-state index contributed by atoms with van der Waals surface area (Å²) in [5.74, 6) is 2.36. The molecule has 6 heteroatoms. The van der Waals surface area contributed by atoms with Crippen LogP contribution in [0.2, 0.25) is 0 Å². The maximum atomic E-state index is 11.5. The van der Waals surface area contributed by atoms with Crippen molar-refractivity contribution < 1.29 is 8.42 Å². The fourth-order valence-electron chi connectivity index (χ4n) is 0.771. The molecule has 1 aromatic heterocycles. The summed E-state index contributed by atoms with van der Waals surface area (Å²) in [6.45, 7) is 0.272. The topological polar surface area (TPSA) is 46.2 Å². The van der Waals surface area contributed by atoms with Gasteiger partial charge in [0.25, 0.3) is 0 Å². The van der Waals surface area contributed by atoms with E-state index >= 15 is 0 Å². The van der Waals surface area contributed by atoms with E-state index in [0.717, 1.165) is 3.79 Å². The second-order valence-electron chi connectivity index (χ2n) is 2.41. The Morgan fingerprint density at radius 3 is 2.79 bits per heavy atom. The van der Waals surface area contributed by atoms with Crippen molar-refractivity contribution in [3.8, 4) is 12.3 Å². The Kier molecular flexibility index (Phi) is 4.13. The highest BCUT2D eigenvalue weighted by molar-refractivity contribution is 9.11. The number of hydrogen-bond donors (Lipinski definition) is 1. The molecule has 0 fully saturated rings. The molecule has 0 aromatic carbocycles. The first-order chi connectivity index (χ1) is 6.56. The third kappa shape index (κ3) is 3.10. The summed E-state index contributed by atoms with van der Waals surface area (Å²) in [4.78, 5) is 0. The van der Waals surface area contributed by atoms with Gasteiger partial charge >= 0.3 is 0 Å². The van der Waals surface area contributed by atoms with E-state index in [1.165, 1.54) is 11.3 Å². The van der Waals surface area contributed by atoms with Crippen LogP contribution in [0.4, 0.5) is 0 Å². The summed E-state index contributed by atoms with van der Waals surface area (Å²) in [5.41, 5.74) is 0. The normalized spacial score (nSPS) is 11.1. The van der Waals surface area contributed by atoms with Gasteiger partial charge in [-0.2, -0.15) is 0 Å². The van der Waals surface area contributed by atoms with Gasteiger partial charge in [0.05, 0.1) is 3.79 Å². The Bertz CT molecular complexity index is 444. The Balaban J connectivity index is 2.72. The molecule has 0 aliphatic carbocycles. The molecule has 1 N–H and O–H groups in total. The smallest absolute Gasteiger partial charge is 0.209 e. The second kappa shape index (κ2) is 4.94. The maximum Gasteiger partial charge on any atom is 0.250 e. The summed E-state index contributed by atoms with van der Waals surface area (Å²) in [7, 11) is -3.37. The number of halogens is 1. The molecule has 3 nitrogen and oxygen atoms in total. The molecular formula is C8H8BrNO2S2. The van der Waals surface area contributed by atoms with Crippen LogP contribution in [0.1, 0.15) is 6.42 Å². The van der Waals surface area contributed by atoms with Gasteiger partial charge in [-0.25, -0.2) is 13.1 Å². The molecular weight excluding hydrogens is 286 g/mol. The number of rotatable bonds is 4. The number of sulfonamides is 1. The molecule has 1 rings (SSSR count). The molecule has 0 aliphatic heterocycles. The lowest BCUT2D eigenvalue weighted by Gasteiger charge is -2.00. The predicted octanol–water partition coefficient (Wildman–Crippen LogP) is 1.81. The minimum atomic E-state index is -3.37. The van der Waals surface area contributed by atoms with E-state index in [-0.39, 0.29) is 6.54 Å². The van der Waals surface area contributed by atoms with Crippen LogP contribution in [0.3, 0.4) is 0 Å². The SMILES string of the molecule is C#CCCNS(=O)(=O)c1ccc(Br)s1. The zero-order valence-electron chi connectivity index (χ0n) is 7.16. The van der Waals surface area contributed by atoms with E-state index in [9.17, 15) is 8.42 Å². The van der Waals surface area contributed by atoms with Gasteiger partial charge in [0.1, 0.15) is 4.21 Å². The highest BCUT2D eigenvalue weighted by Crippen LogP contribution is 2.25. The van der Waals surface area contributed by atoms with E-state index in [2.05, 4.69) is 26.6 Å². The first-order valence-corrected chi connectivity index (χ1v) is 6.84. The predicted molar refractivity (Wildman–Crippen MR) is 60.7 cm³/mol. The highest BCUT2D eigenvalue weighted by Gasteiger charge is 2.14. The molecule has 76 valence electrons. The minimum absolute atomic E-state index is 0.272. The molecule has 0 saturated heterocycles. The minimum Gasteiger partial charge on any atom is -0.209 e. The fraction of sp³-hybridized carbons (Fsp3) is 0.250. The van der Waals surface area contributed by atoms with E-state index in [1.54, 1.807) is 12.1 Å². The van der Waals surface area contributed by atoms with Gasteiger partial charge in [-0.05, 0) is 28.1 Å². The first kappa shape index (κ1) is 11.7. The standard InChI is InChI=1S/C8H8BrNO2S2/c1-2-3-6-10-14(11,12)8-5-4-7(9)13-8/h1,4-5,10H,3,6H2. The summed E-state index contributed by atoms with van der Waals surface area (Å²) in [5, 5.41) is 0. The summed E-state index contributed by atoms with van der Waals surface area (Å²) in [6.07, 6.45) is 5.41. The van der Waals surface area contributed by atoms with Crippen LogP contribution in [0, 0.1) is 12.3 Å². The van der Waals surface area contributed by atoms with Crippen molar-refractivity contribution in [2.75, 3.05) is 6.54 Å². The van der Waals surface area contributed by atoms with Crippen LogP contribution >= 0.6 is 27.3 Å². The second-order valence-corrected chi connectivity index (χ2v) is 6.87. The van der Waals surface area contributed by atoms with Gasteiger partial charge in [0.15, 0.2) is 0 Å². The zero-order chi connectivity index (χ0) is 10.6. The number of hydrogen-bond acceptors (Lipinski definition) is 3. The highest BCUT2D eigenvalue weighted by atomic mass is 79.9. The molecule has 0 saturated carbocycles. The van der Waals surface area contributed by atoms with Crippen molar-refractivity contribution in [2.45, 2.75) is 10.6 Å². The van der Waals surface area contributed by atoms with Crippen molar-refractivity contribution in [2.24, 2.45) is 0 Å². The molecule has 0 unspecified atom stereocenters. The molecule has 1 aromatic rings. The number of thiophene rings is 1. The van der Waals surface area contributed by atoms with Crippen molar-refractivity contribution in [1.29, 1.82) is 0 Å². The monoisotopic (exact) mass is 293 g/mol. The average Bonchev–Trinajstić information content (AvgIpc) is 2.53. The Hall–Kier alpha value is -0.350. The first-order valence-electron chi connectivity index (χ1n) is 3.75. The van der Waals surface area contributed by atoms with Crippen LogP contribution in [-0.2, 0) is 10.0 Å². The van der Waals surface area contributed by atoms with E-state index in [4.69, 9.17) is 6.42 Å². The quantitative estimate of drug-likeness (QED) is 0.680. The summed E-state index contributed by atoms with van der Waals surface area (Å²) in [6, 6.07) is 3.24. The lowest BCUT2D eigenvalue weighted by atomic mass is 10.5. The van der Waals surface area contributed by atoms with Gasteiger partial charge in [0, 0.05) is 13.0 Å². The third-order valence-corrected chi connectivity index (χ3v) is 4.95. The Morgan fingerprint density at radius 2 is 2.29 bits per heavy atom. The molecule has 0 aliphatic rings. The molecule has 0 spiro atoms. The van der Waals surface area contributed by atoms with Crippen molar-refractivity contribution in [3.05, 3.63) is 15.9 Å². The van der Waals surface area contributed by atoms with Gasteiger partial charge in [-0.3, -0.25) is 0 Å². The van der Waals surface area contributed by atoms with Gasteiger partial charge in [-0.1, -0.05) is 0 Å². The van der Waals surface area contributed by atoms with Crippen LogP contribution in [0.15, 0.2) is 20.1 Å². The summed E-state index contributed by atoms with van der Waals surface area (Å²) < 4.78 is 26.5. The molecule has 0 radical (unpaired) electrons. The lowest BCUT2D eigenvalue weighted by Crippen LogP contribution is -2.23. The third-order valence-electron chi connectivity index (χ3n) is 1.37. The van der Waals surface area contributed by atoms with Gasteiger partial charge < -0.3 is 0 Å². The molecule has 0 amide bonds. The Morgan fingerprint density at radius 1 is 1.57 bits per heavy atom. The van der Waals surface area contributed by atoms with Crippen molar-refractivity contribution in [3.63, 3.8) is 0 Å². The number of terminal acetylenes is 1. The number of nitrogens with one attached hydrogen (secondary N) is 1. The van der Waals surface area contributed by atoms with Crippen LogP contribution < -0.4 is 4.72 Å². The van der Waals surface area contributed by atoms with Crippen LogP contribution in [0.5, 0.6) is 0 Å². The average molecular weight is 294 g/mol. The van der Waals surface area contributed by atoms with Crippen molar-refractivity contribution in [1.82, 2.24) is 4.72 Å². The van der Waals surface area contributed by atoms with Gasteiger partial charge in [-0.15, -0.1) is 23.7 Å². The van der Waals surface area contributed by atoms with Gasteiger partial charge in [0.2, 0.25) is 10.0 Å². The molecule has 0 atom stereocenters. The Labute approximate surface area is 95.7 Å². The van der Waals surface area contributed by atoms with Crippen molar-refractivity contribution >= 4 is 37.3 Å². The molecule has 1 heterocycles. The van der Waals surface area contributed by atoms with Crippen LogP contribution in [0.25, 0.3) is 0 Å². The van der Waals surface area contributed by atoms with Crippen LogP contribution in [-0.4, -0.2) is 15.0 Å². The molecule has 0 bridgehead atoms. The zero-order valence-corrected chi connectivity index (χ0v) is 10.4. The van der Waals surface area contributed by atoms with E-state index < -0.39 is 10.0 Å². The lowest BCUT2D eigenvalue weighted by molar-refractivity contribution is 0.584. The maximum absolute atomic E-state index is 11.5. The molecule has 14 heavy (non-hydrogen) atoms. The fourth-order valence-corrected chi connectivity index (χ4v) is 3.86. The van der Waals surface area contributed by atoms with E-state index in [1.807, 2.05) is 0 Å².